The normalized spacial score (nSPS) is 28.1. The molecule has 0 aromatic heterocycles. The average Bonchev–Trinajstić information content (AvgIpc) is 2.53. The lowest BCUT2D eigenvalue weighted by atomic mass is 9.96. The molecule has 17 heavy (non-hydrogen) atoms. The molecule has 1 aromatic carbocycles. The van der Waals surface area contributed by atoms with Gasteiger partial charge in [-0.15, -0.1) is 0 Å². The number of carbonyl (C=O) groups excluding carboxylic acids is 1. The minimum absolute atomic E-state index is 0.157. The Bertz CT molecular complexity index is 466. The minimum Gasteiger partial charge on any atom is -0.369 e. The lowest BCUT2D eigenvalue weighted by Crippen LogP contribution is -2.47. The van der Waals surface area contributed by atoms with Crippen LogP contribution in [0.3, 0.4) is 0 Å². The first kappa shape index (κ1) is 11.8. The van der Waals surface area contributed by atoms with Crippen molar-refractivity contribution in [3.05, 3.63) is 35.9 Å². The molecule has 2 atom stereocenters. The highest BCUT2D eigenvalue weighted by Gasteiger charge is 2.45. The third-order valence-corrected chi connectivity index (χ3v) is 3.35. The van der Waals surface area contributed by atoms with Crippen LogP contribution in [0.15, 0.2) is 35.4 Å². The van der Waals surface area contributed by atoms with Crippen LogP contribution in [0.1, 0.15) is 31.1 Å². The lowest BCUT2D eigenvalue weighted by Gasteiger charge is -2.30. The standard InChI is InChI=1S/C13H16N2O2/c1-9-10(2)14-15(13(9,3)17)12(16)11-7-5-4-6-8-11/h4-9,17H,1-3H3/t9-,13-/m1/s1. The van der Waals surface area contributed by atoms with Gasteiger partial charge in [0.1, 0.15) is 0 Å². The van der Waals surface area contributed by atoms with Crippen LogP contribution in [0, 0.1) is 5.92 Å². The monoisotopic (exact) mass is 232 g/mol. The molecule has 1 aliphatic rings. The minimum atomic E-state index is -1.25. The third kappa shape index (κ3) is 1.85. The summed E-state index contributed by atoms with van der Waals surface area (Å²) in [6, 6.07) is 8.85. The van der Waals surface area contributed by atoms with Gasteiger partial charge in [0, 0.05) is 17.2 Å². The van der Waals surface area contributed by atoms with E-state index in [1.165, 1.54) is 5.01 Å². The first-order valence-corrected chi connectivity index (χ1v) is 5.61. The van der Waals surface area contributed by atoms with Crippen LogP contribution in [0.4, 0.5) is 0 Å². The largest absolute Gasteiger partial charge is 0.369 e. The van der Waals surface area contributed by atoms with E-state index < -0.39 is 5.72 Å². The Hall–Kier alpha value is -1.68. The van der Waals surface area contributed by atoms with Crippen molar-refractivity contribution in [2.24, 2.45) is 11.0 Å². The van der Waals surface area contributed by atoms with Gasteiger partial charge in [-0.3, -0.25) is 4.79 Å². The summed E-state index contributed by atoms with van der Waals surface area (Å²) < 4.78 is 0. The summed E-state index contributed by atoms with van der Waals surface area (Å²) in [7, 11) is 0. The van der Waals surface area contributed by atoms with E-state index in [1.54, 1.807) is 31.2 Å². The second-order valence-corrected chi connectivity index (χ2v) is 4.54. The van der Waals surface area contributed by atoms with Gasteiger partial charge < -0.3 is 5.11 Å². The molecule has 2 rings (SSSR count). The van der Waals surface area contributed by atoms with E-state index in [9.17, 15) is 9.90 Å². The molecule has 1 N–H and O–H groups in total. The molecule has 0 radical (unpaired) electrons. The molecule has 0 spiro atoms. The zero-order chi connectivity index (χ0) is 12.6. The number of hydrazone groups is 1. The highest BCUT2D eigenvalue weighted by molar-refractivity contribution is 5.98. The van der Waals surface area contributed by atoms with Gasteiger partial charge in [0.15, 0.2) is 5.72 Å². The van der Waals surface area contributed by atoms with E-state index in [-0.39, 0.29) is 11.8 Å². The number of aliphatic hydroxyl groups is 1. The molecule has 4 nitrogen and oxygen atoms in total. The fraction of sp³-hybridized carbons (Fsp3) is 0.385. The van der Waals surface area contributed by atoms with Crippen molar-refractivity contribution in [3.8, 4) is 0 Å². The molecule has 0 aliphatic carbocycles. The highest BCUT2D eigenvalue weighted by Crippen LogP contribution is 2.31. The molecule has 0 fully saturated rings. The van der Waals surface area contributed by atoms with Gasteiger partial charge in [-0.05, 0) is 26.0 Å². The summed E-state index contributed by atoms with van der Waals surface area (Å²) in [4.78, 5) is 12.2. The van der Waals surface area contributed by atoms with E-state index in [0.717, 1.165) is 5.71 Å². The summed E-state index contributed by atoms with van der Waals surface area (Å²) in [5, 5.41) is 15.6. The Balaban J connectivity index is 2.34. The van der Waals surface area contributed by atoms with Gasteiger partial charge >= 0.3 is 0 Å². The van der Waals surface area contributed by atoms with Gasteiger partial charge in [-0.2, -0.15) is 10.1 Å². The SMILES string of the molecule is CC1=NN(C(=O)c2ccccc2)[C@](C)(O)[C@@H]1C. The molecule has 90 valence electrons. The first-order chi connectivity index (χ1) is 7.94. The smallest absolute Gasteiger partial charge is 0.276 e. The van der Waals surface area contributed by atoms with Gasteiger partial charge in [-0.25, -0.2) is 0 Å². The van der Waals surface area contributed by atoms with Crippen LogP contribution in [-0.4, -0.2) is 27.5 Å². The maximum Gasteiger partial charge on any atom is 0.276 e. The third-order valence-electron chi connectivity index (χ3n) is 3.35. The number of benzene rings is 1. The van der Waals surface area contributed by atoms with Crippen molar-refractivity contribution in [2.45, 2.75) is 26.5 Å². The molecule has 1 amide bonds. The molecule has 1 aliphatic heterocycles. The van der Waals surface area contributed by atoms with Crippen molar-refractivity contribution >= 4 is 11.6 Å². The van der Waals surface area contributed by atoms with Crippen LogP contribution < -0.4 is 0 Å². The van der Waals surface area contributed by atoms with E-state index in [0.29, 0.717) is 5.56 Å². The van der Waals surface area contributed by atoms with Gasteiger partial charge in [0.2, 0.25) is 0 Å². The summed E-state index contributed by atoms with van der Waals surface area (Å²) in [5.74, 6) is -0.436. The highest BCUT2D eigenvalue weighted by atomic mass is 16.3. The van der Waals surface area contributed by atoms with Crippen LogP contribution in [0.5, 0.6) is 0 Å². The molecule has 4 heteroatoms. The summed E-state index contributed by atoms with van der Waals surface area (Å²) in [6.07, 6.45) is 0. The molecule has 0 saturated heterocycles. The number of hydrogen-bond acceptors (Lipinski definition) is 3. The zero-order valence-electron chi connectivity index (χ0n) is 10.2. The van der Waals surface area contributed by atoms with E-state index in [4.69, 9.17) is 0 Å². The molecular formula is C13H16N2O2. The topological polar surface area (TPSA) is 52.9 Å². The quantitative estimate of drug-likeness (QED) is 0.803. The Morgan fingerprint density at radius 2 is 2.00 bits per heavy atom. The van der Waals surface area contributed by atoms with Crippen LogP contribution in [0.2, 0.25) is 0 Å². The van der Waals surface area contributed by atoms with Crippen molar-refractivity contribution in [2.75, 3.05) is 0 Å². The van der Waals surface area contributed by atoms with Gasteiger partial charge in [-0.1, -0.05) is 25.1 Å². The molecule has 1 heterocycles. The second kappa shape index (κ2) is 3.96. The maximum atomic E-state index is 12.2. The zero-order valence-corrected chi connectivity index (χ0v) is 10.2. The number of hydrogen-bond donors (Lipinski definition) is 1. The molecule has 0 unspecified atom stereocenters. The number of nitrogens with zero attached hydrogens (tertiary/aromatic N) is 2. The second-order valence-electron chi connectivity index (χ2n) is 4.54. The predicted octanol–water partition coefficient (Wildman–Crippen LogP) is 1.86. The van der Waals surface area contributed by atoms with Crippen LogP contribution in [-0.2, 0) is 0 Å². The number of carbonyl (C=O) groups is 1. The van der Waals surface area contributed by atoms with E-state index in [2.05, 4.69) is 5.10 Å². The van der Waals surface area contributed by atoms with Crippen molar-refractivity contribution in [3.63, 3.8) is 0 Å². The van der Waals surface area contributed by atoms with E-state index in [1.807, 2.05) is 19.9 Å². The average molecular weight is 232 g/mol. The Morgan fingerprint density at radius 1 is 1.41 bits per heavy atom. The van der Waals surface area contributed by atoms with Gasteiger partial charge in [0.25, 0.3) is 5.91 Å². The van der Waals surface area contributed by atoms with E-state index >= 15 is 0 Å². The number of rotatable bonds is 1. The fourth-order valence-electron chi connectivity index (χ4n) is 1.88. The van der Waals surface area contributed by atoms with Crippen molar-refractivity contribution < 1.29 is 9.90 Å². The van der Waals surface area contributed by atoms with Crippen LogP contribution in [0.25, 0.3) is 0 Å². The summed E-state index contributed by atoms with van der Waals surface area (Å²) >= 11 is 0. The van der Waals surface area contributed by atoms with Crippen molar-refractivity contribution in [1.29, 1.82) is 0 Å². The molecule has 0 bridgehead atoms. The van der Waals surface area contributed by atoms with Crippen LogP contribution >= 0.6 is 0 Å². The Labute approximate surface area is 101 Å². The van der Waals surface area contributed by atoms with Crippen molar-refractivity contribution in [1.82, 2.24) is 5.01 Å². The summed E-state index contributed by atoms with van der Waals surface area (Å²) in [6.45, 7) is 5.28. The fourth-order valence-corrected chi connectivity index (χ4v) is 1.88. The van der Waals surface area contributed by atoms with Gasteiger partial charge in [0.05, 0.1) is 0 Å². The molecule has 0 saturated carbocycles. The number of amides is 1. The first-order valence-electron chi connectivity index (χ1n) is 5.61. The lowest BCUT2D eigenvalue weighted by molar-refractivity contribution is -0.0787. The Morgan fingerprint density at radius 3 is 2.47 bits per heavy atom. The summed E-state index contributed by atoms with van der Waals surface area (Å²) in [5.41, 5.74) is 0.0366. The molecule has 1 aromatic rings. The predicted molar refractivity (Wildman–Crippen MR) is 65.5 cm³/mol. The Kier molecular flexibility index (Phi) is 2.75. The molecular weight excluding hydrogens is 216 g/mol. The maximum absolute atomic E-state index is 12.2.